The fourth-order valence-corrected chi connectivity index (χ4v) is 3.16. The first-order valence-corrected chi connectivity index (χ1v) is 8.02. The van der Waals surface area contributed by atoms with Gasteiger partial charge in [-0.3, -0.25) is 9.59 Å². The Morgan fingerprint density at radius 1 is 1.24 bits per heavy atom. The summed E-state index contributed by atoms with van der Waals surface area (Å²) in [6.07, 6.45) is 2.07. The van der Waals surface area contributed by atoms with Crippen molar-refractivity contribution in [2.24, 2.45) is 0 Å². The van der Waals surface area contributed by atoms with E-state index in [9.17, 15) is 14.0 Å². The number of hydrogen-bond acceptors (Lipinski definition) is 5. The van der Waals surface area contributed by atoms with Crippen LogP contribution in [0.5, 0.6) is 5.75 Å². The number of nitrogens with zero attached hydrogens (tertiary/aromatic N) is 1. The molecule has 2 atom stereocenters. The minimum Gasteiger partial charge on any atom is -0.482 e. The SMILES string of the molecule is O=C(c1cc(=O)c(OCc2ccc(F)cc2)co1)N1C2COCC1C2. The Morgan fingerprint density at radius 3 is 2.60 bits per heavy atom. The number of ether oxygens (including phenoxy) is 2. The quantitative estimate of drug-likeness (QED) is 0.847. The van der Waals surface area contributed by atoms with Gasteiger partial charge in [-0.1, -0.05) is 12.1 Å². The predicted molar refractivity (Wildman–Crippen MR) is 84.9 cm³/mol. The molecule has 0 saturated carbocycles. The van der Waals surface area contributed by atoms with Crippen LogP contribution in [0.1, 0.15) is 22.5 Å². The summed E-state index contributed by atoms with van der Waals surface area (Å²) in [5, 5.41) is 0. The van der Waals surface area contributed by atoms with E-state index in [0.29, 0.717) is 18.8 Å². The second-order valence-electron chi connectivity index (χ2n) is 6.18. The lowest BCUT2D eigenvalue weighted by Gasteiger charge is -2.51. The maximum Gasteiger partial charge on any atom is 0.290 e. The summed E-state index contributed by atoms with van der Waals surface area (Å²) in [6, 6.07) is 7.04. The molecule has 130 valence electrons. The molecule has 25 heavy (non-hydrogen) atoms. The van der Waals surface area contributed by atoms with Crippen molar-refractivity contribution in [1.82, 2.24) is 4.90 Å². The van der Waals surface area contributed by atoms with E-state index in [2.05, 4.69) is 0 Å². The summed E-state index contributed by atoms with van der Waals surface area (Å²) in [7, 11) is 0. The molecule has 2 aliphatic heterocycles. The minimum atomic E-state index is -0.432. The molecule has 0 N–H and O–H groups in total. The molecule has 2 aromatic rings. The minimum absolute atomic E-state index is 0.00395. The lowest BCUT2D eigenvalue weighted by atomic mass is 9.91. The summed E-state index contributed by atoms with van der Waals surface area (Å²) in [5.41, 5.74) is 0.285. The van der Waals surface area contributed by atoms with Crippen molar-refractivity contribution in [3.63, 3.8) is 0 Å². The van der Waals surface area contributed by atoms with E-state index in [1.807, 2.05) is 0 Å². The van der Waals surface area contributed by atoms with Crippen molar-refractivity contribution in [1.29, 1.82) is 0 Å². The van der Waals surface area contributed by atoms with E-state index in [1.165, 1.54) is 12.1 Å². The van der Waals surface area contributed by atoms with Crippen LogP contribution in [0.25, 0.3) is 0 Å². The highest BCUT2D eigenvalue weighted by molar-refractivity contribution is 5.92. The molecule has 2 aliphatic rings. The molecule has 7 heteroatoms. The summed E-state index contributed by atoms with van der Waals surface area (Å²) >= 11 is 0. The number of amides is 1. The highest BCUT2D eigenvalue weighted by atomic mass is 19.1. The van der Waals surface area contributed by atoms with Gasteiger partial charge in [0.1, 0.15) is 18.7 Å². The van der Waals surface area contributed by atoms with E-state index < -0.39 is 5.43 Å². The molecule has 2 unspecified atom stereocenters. The number of morpholine rings is 1. The summed E-state index contributed by atoms with van der Waals surface area (Å²) in [5.74, 6) is -0.636. The standard InChI is InChI=1S/C18H16FNO5/c19-12-3-1-11(2-4-12)7-24-17-10-25-16(6-15(17)21)18(22)20-13-5-14(20)9-23-8-13/h1-4,6,10,13-14H,5,7-9H2. The van der Waals surface area contributed by atoms with Crippen LogP contribution in [-0.4, -0.2) is 36.1 Å². The van der Waals surface area contributed by atoms with Crippen molar-refractivity contribution >= 4 is 5.91 Å². The van der Waals surface area contributed by atoms with Crippen LogP contribution in [0.15, 0.2) is 45.8 Å². The second-order valence-corrected chi connectivity index (χ2v) is 6.18. The van der Waals surface area contributed by atoms with Crippen LogP contribution in [0.2, 0.25) is 0 Å². The Bertz CT molecular complexity index is 833. The van der Waals surface area contributed by atoms with Crippen LogP contribution in [0.3, 0.4) is 0 Å². The molecule has 0 spiro atoms. The molecule has 1 aromatic carbocycles. The van der Waals surface area contributed by atoms with Crippen LogP contribution in [0, 0.1) is 5.82 Å². The van der Waals surface area contributed by atoms with Crippen molar-refractivity contribution < 1.29 is 23.1 Å². The van der Waals surface area contributed by atoms with Gasteiger partial charge >= 0.3 is 0 Å². The van der Waals surface area contributed by atoms with E-state index in [-0.39, 0.29) is 41.9 Å². The molecule has 4 rings (SSSR count). The molecular formula is C18H16FNO5. The van der Waals surface area contributed by atoms with Gasteiger partial charge in [-0.2, -0.15) is 0 Å². The fraction of sp³-hybridized carbons (Fsp3) is 0.333. The molecule has 2 bridgehead atoms. The Morgan fingerprint density at radius 2 is 1.96 bits per heavy atom. The van der Waals surface area contributed by atoms with E-state index >= 15 is 0 Å². The van der Waals surface area contributed by atoms with Crippen LogP contribution in [0.4, 0.5) is 4.39 Å². The topological polar surface area (TPSA) is 69.0 Å². The molecule has 2 fully saturated rings. The van der Waals surface area contributed by atoms with Gasteiger partial charge in [-0.25, -0.2) is 4.39 Å². The first-order chi connectivity index (χ1) is 12.1. The molecule has 2 saturated heterocycles. The monoisotopic (exact) mass is 345 g/mol. The van der Waals surface area contributed by atoms with Gasteiger partial charge in [0, 0.05) is 6.07 Å². The van der Waals surface area contributed by atoms with Gasteiger partial charge in [-0.15, -0.1) is 0 Å². The molecule has 0 radical (unpaired) electrons. The Balaban J connectivity index is 1.44. The van der Waals surface area contributed by atoms with Gasteiger partial charge in [0.2, 0.25) is 11.2 Å². The maximum atomic E-state index is 12.9. The number of carbonyl (C=O) groups is 1. The van der Waals surface area contributed by atoms with Gasteiger partial charge in [0.15, 0.2) is 5.76 Å². The predicted octanol–water partition coefficient (Wildman–Crippen LogP) is 1.97. The first kappa shape index (κ1) is 15.8. The third-order valence-corrected chi connectivity index (χ3v) is 4.50. The maximum absolute atomic E-state index is 12.9. The first-order valence-electron chi connectivity index (χ1n) is 8.02. The normalized spacial score (nSPS) is 21.6. The highest BCUT2D eigenvalue weighted by Gasteiger charge is 2.46. The number of hydrogen-bond donors (Lipinski definition) is 0. The summed E-state index contributed by atoms with van der Waals surface area (Å²) < 4.78 is 28.9. The molecule has 1 aromatic heterocycles. The largest absolute Gasteiger partial charge is 0.482 e. The Hall–Kier alpha value is -2.67. The van der Waals surface area contributed by atoms with Crippen molar-refractivity contribution in [3.8, 4) is 5.75 Å². The number of benzene rings is 1. The summed E-state index contributed by atoms with van der Waals surface area (Å²) in [4.78, 5) is 26.3. The number of carbonyl (C=O) groups excluding carboxylic acids is 1. The lowest BCUT2D eigenvalue weighted by Crippen LogP contribution is -2.65. The van der Waals surface area contributed by atoms with Gasteiger partial charge < -0.3 is 18.8 Å². The molecule has 0 aliphatic carbocycles. The lowest BCUT2D eigenvalue weighted by molar-refractivity contribution is -0.105. The van der Waals surface area contributed by atoms with E-state index in [1.54, 1.807) is 17.0 Å². The third kappa shape index (κ3) is 3.02. The second kappa shape index (κ2) is 6.33. The van der Waals surface area contributed by atoms with Crippen molar-refractivity contribution in [2.75, 3.05) is 13.2 Å². The van der Waals surface area contributed by atoms with Gasteiger partial charge in [-0.05, 0) is 24.1 Å². The fourth-order valence-electron chi connectivity index (χ4n) is 3.16. The Labute approximate surface area is 142 Å². The molecule has 1 amide bonds. The van der Waals surface area contributed by atoms with Crippen LogP contribution >= 0.6 is 0 Å². The van der Waals surface area contributed by atoms with E-state index in [0.717, 1.165) is 18.8 Å². The average Bonchev–Trinajstić information content (AvgIpc) is 2.62. The smallest absolute Gasteiger partial charge is 0.290 e. The van der Waals surface area contributed by atoms with Crippen LogP contribution < -0.4 is 10.2 Å². The molecule has 6 nitrogen and oxygen atoms in total. The van der Waals surface area contributed by atoms with Crippen molar-refractivity contribution in [3.05, 3.63) is 64.0 Å². The van der Waals surface area contributed by atoms with Gasteiger partial charge in [0.25, 0.3) is 5.91 Å². The third-order valence-electron chi connectivity index (χ3n) is 4.50. The molecular weight excluding hydrogens is 329 g/mol. The highest BCUT2D eigenvalue weighted by Crippen LogP contribution is 2.32. The summed E-state index contributed by atoms with van der Waals surface area (Å²) in [6.45, 7) is 1.14. The Kier molecular flexibility index (Phi) is 4.01. The number of fused-ring (bicyclic) bond motifs is 2. The zero-order valence-electron chi connectivity index (χ0n) is 13.3. The van der Waals surface area contributed by atoms with Crippen LogP contribution in [-0.2, 0) is 11.3 Å². The zero-order valence-corrected chi connectivity index (χ0v) is 13.3. The average molecular weight is 345 g/mol. The molecule has 3 heterocycles. The van der Waals surface area contributed by atoms with E-state index in [4.69, 9.17) is 13.9 Å². The number of rotatable bonds is 4. The number of halogens is 1. The van der Waals surface area contributed by atoms with Crippen molar-refractivity contribution in [2.45, 2.75) is 25.1 Å². The zero-order chi connectivity index (χ0) is 17.4. The van der Waals surface area contributed by atoms with Gasteiger partial charge in [0.05, 0.1) is 25.3 Å².